The van der Waals surface area contributed by atoms with E-state index in [4.69, 9.17) is 4.74 Å². The molecule has 0 aliphatic rings. The Hall–Kier alpha value is -3.49. The number of carbonyl (C=O) groups is 1. The number of fused-ring (bicyclic) bond motifs is 1. The van der Waals surface area contributed by atoms with Crippen LogP contribution in [-0.4, -0.2) is 33.7 Å². The number of carbonyl (C=O) groups excluding carboxylic acids is 1. The maximum Gasteiger partial charge on any atom is 0.264 e. The van der Waals surface area contributed by atoms with E-state index in [1.165, 1.54) is 11.8 Å². The van der Waals surface area contributed by atoms with Crippen LogP contribution >= 0.6 is 11.8 Å². The van der Waals surface area contributed by atoms with Gasteiger partial charge >= 0.3 is 0 Å². The highest BCUT2D eigenvalue weighted by molar-refractivity contribution is 7.98. The van der Waals surface area contributed by atoms with Gasteiger partial charge in [0.1, 0.15) is 12.3 Å². The van der Waals surface area contributed by atoms with Crippen molar-refractivity contribution in [2.75, 3.05) is 29.0 Å². The van der Waals surface area contributed by atoms with E-state index in [1.54, 1.807) is 54.6 Å². The number of nitrogens with zero attached hydrogens (tertiary/aromatic N) is 1. The Morgan fingerprint density at radius 1 is 0.914 bits per heavy atom. The van der Waals surface area contributed by atoms with Crippen LogP contribution in [0.25, 0.3) is 10.8 Å². The van der Waals surface area contributed by atoms with Gasteiger partial charge in [-0.05, 0) is 73.2 Å². The Balaban J connectivity index is 1.67. The quantitative estimate of drug-likeness (QED) is 0.291. The van der Waals surface area contributed by atoms with Gasteiger partial charge in [-0.1, -0.05) is 36.4 Å². The monoisotopic (exact) mass is 506 g/mol. The van der Waals surface area contributed by atoms with Gasteiger partial charge < -0.3 is 10.1 Å². The minimum absolute atomic E-state index is 0.113. The summed E-state index contributed by atoms with van der Waals surface area (Å²) < 4.78 is 33.9. The van der Waals surface area contributed by atoms with Crippen molar-refractivity contribution in [2.45, 2.75) is 16.7 Å². The second-order valence-electron chi connectivity index (χ2n) is 7.69. The second kappa shape index (κ2) is 10.8. The molecule has 0 radical (unpaired) electrons. The molecule has 4 rings (SSSR count). The number of thioether (sulfide) groups is 1. The normalized spacial score (nSPS) is 11.3. The van der Waals surface area contributed by atoms with E-state index in [9.17, 15) is 13.2 Å². The molecule has 0 fully saturated rings. The van der Waals surface area contributed by atoms with Crippen molar-refractivity contribution in [1.82, 2.24) is 0 Å². The molecule has 1 N–H and O–H groups in total. The molecule has 0 saturated heterocycles. The molecule has 4 aromatic carbocycles. The molecule has 0 saturated carbocycles. The highest BCUT2D eigenvalue weighted by Crippen LogP contribution is 2.28. The molecule has 0 spiro atoms. The maximum absolute atomic E-state index is 13.7. The molecular weight excluding hydrogens is 480 g/mol. The number of ether oxygens (including phenoxy) is 1. The highest BCUT2D eigenvalue weighted by Gasteiger charge is 2.27. The summed E-state index contributed by atoms with van der Waals surface area (Å²) in [4.78, 5) is 14.2. The summed E-state index contributed by atoms with van der Waals surface area (Å²) in [7, 11) is -4.01. The summed E-state index contributed by atoms with van der Waals surface area (Å²) in [5.41, 5.74) is 0.997. The number of hydrogen-bond acceptors (Lipinski definition) is 5. The average molecular weight is 507 g/mol. The molecule has 6 nitrogen and oxygen atoms in total. The third kappa shape index (κ3) is 5.61. The van der Waals surface area contributed by atoms with Crippen molar-refractivity contribution in [1.29, 1.82) is 0 Å². The Labute approximate surface area is 210 Å². The number of amides is 1. The van der Waals surface area contributed by atoms with E-state index < -0.39 is 15.9 Å². The van der Waals surface area contributed by atoms with Gasteiger partial charge in [0.15, 0.2) is 0 Å². The largest absolute Gasteiger partial charge is 0.494 e. The van der Waals surface area contributed by atoms with Gasteiger partial charge in [0, 0.05) is 16.0 Å². The number of rotatable bonds is 9. The van der Waals surface area contributed by atoms with Gasteiger partial charge in [-0.2, -0.15) is 0 Å². The van der Waals surface area contributed by atoms with E-state index in [0.29, 0.717) is 23.7 Å². The fourth-order valence-electron chi connectivity index (χ4n) is 3.72. The first-order valence-electron chi connectivity index (χ1n) is 11.1. The molecule has 0 heterocycles. The van der Waals surface area contributed by atoms with E-state index in [1.807, 2.05) is 49.6 Å². The Morgan fingerprint density at radius 3 is 2.29 bits per heavy atom. The standard InChI is InChI=1S/C27H26N2O4S2/c1-3-33-22-13-11-21(12-14-22)29(35(31,32)24-17-15-23(34-2)16-18-24)19-27(30)28-26-10-6-8-20-7-4-5-9-25(20)26/h4-18H,3,19H2,1-2H3,(H,28,30). The molecule has 0 aromatic heterocycles. The van der Waals surface area contributed by atoms with Gasteiger partial charge in [-0.3, -0.25) is 9.10 Å². The summed E-state index contributed by atoms with van der Waals surface area (Å²) in [6.45, 7) is 1.99. The lowest BCUT2D eigenvalue weighted by molar-refractivity contribution is -0.114. The predicted octanol–water partition coefficient (Wildman–Crippen LogP) is 5.79. The van der Waals surface area contributed by atoms with Crippen molar-refractivity contribution in [2.24, 2.45) is 0 Å². The van der Waals surface area contributed by atoms with Gasteiger partial charge in [-0.15, -0.1) is 11.8 Å². The summed E-state index contributed by atoms with van der Waals surface area (Å²) in [5.74, 6) is 0.178. The van der Waals surface area contributed by atoms with Crippen LogP contribution in [0, 0.1) is 0 Å². The van der Waals surface area contributed by atoms with Crippen molar-refractivity contribution in [3.63, 3.8) is 0 Å². The van der Waals surface area contributed by atoms with Crippen LogP contribution in [-0.2, 0) is 14.8 Å². The van der Waals surface area contributed by atoms with E-state index in [0.717, 1.165) is 20.0 Å². The number of nitrogens with one attached hydrogen (secondary N) is 1. The van der Waals surface area contributed by atoms with Crippen LogP contribution in [0.5, 0.6) is 5.75 Å². The van der Waals surface area contributed by atoms with Gasteiger partial charge in [-0.25, -0.2) is 8.42 Å². The van der Waals surface area contributed by atoms with Crippen LogP contribution in [0.4, 0.5) is 11.4 Å². The van der Waals surface area contributed by atoms with Crippen molar-refractivity contribution >= 4 is 49.8 Å². The van der Waals surface area contributed by atoms with Crippen LogP contribution in [0.1, 0.15) is 6.92 Å². The molecule has 4 aromatic rings. The van der Waals surface area contributed by atoms with Gasteiger partial charge in [0.05, 0.1) is 17.2 Å². The molecule has 0 aliphatic carbocycles. The number of benzene rings is 4. The Morgan fingerprint density at radius 2 is 1.60 bits per heavy atom. The van der Waals surface area contributed by atoms with Crippen molar-refractivity contribution < 1.29 is 17.9 Å². The summed E-state index contributed by atoms with van der Waals surface area (Å²) >= 11 is 1.53. The zero-order valence-electron chi connectivity index (χ0n) is 19.5. The highest BCUT2D eigenvalue weighted by atomic mass is 32.2. The fraction of sp³-hybridized carbons (Fsp3) is 0.148. The molecule has 1 amide bonds. The SMILES string of the molecule is CCOc1ccc(N(CC(=O)Nc2cccc3ccccc23)S(=O)(=O)c2ccc(SC)cc2)cc1. The zero-order valence-corrected chi connectivity index (χ0v) is 21.1. The number of anilines is 2. The molecule has 0 aliphatic heterocycles. The molecule has 0 bridgehead atoms. The third-order valence-electron chi connectivity index (χ3n) is 5.43. The van der Waals surface area contributed by atoms with Crippen molar-refractivity contribution in [3.8, 4) is 5.75 Å². The summed E-state index contributed by atoms with van der Waals surface area (Å²) in [5, 5.41) is 4.75. The van der Waals surface area contributed by atoms with E-state index in [-0.39, 0.29) is 11.4 Å². The summed E-state index contributed by atoms with van der Waals surface area (Å²) in [6.07, 6.45) is 1.92. The average Bonchev–Trinajstić information content (AvgIpc) is 2.88. The zero-order chi connectivity index (χ0) is 24.8. The van der Waals surface area contributed by atoms with E-state index >= 15 is 0 Å². The Kier molecular flexibility index (Phi) is 7.63. The predicted molar refractivity (Wildman–Crippen MR) is 143 cm³/mol. The Bertz CT molecular complexity index is 1410. The molecular formula is C27H26N2O4S2. The van der Waals surface area contributed by atoms with Crippen molar-refractivity contribution in [3.05, 3.63) is 91.0 Å². The van der Waals surface area contributed by atoms with Gasteiger partial charge in [0.25, 0.3) is 10.0 Å². The summed E-state index contributed by atoms with van der Waals surface area (Å²) in [6, 6.07) is 26.6. The maximum atomic E-state index is 13.7. The first kappa shape index (κ1) is 24.6. The second-order valence-corrected chi connectivity index (χ2v) is 10.4. The molecule has 0 atom stereocenters. The topological polar surface area (TPSA) is 75.7 Å². The molecule has 180 valence electrons. The minimum Gasteiger partial charge on any atom is -0.494 e. The molecule has 35 heavy (non-hydrogen) atoms. The lowest BCUT2D eigenvalue weighted by Gasteiger charge is -2.24. The van der Waals surface area contributed by atoms with Crippen LogP contribution in [0.2, 0.25) is 0 Å². The van der Waals surface area contributed by atoms with Gasteiger partial charge in [0.2, 0.25) is 5.91 Å². The lowest BCUT2D eigenvalue weighted by atomic mass is 10.1. The third-order valence-corrected chi connectivity index (χ3v) is 7.97. The van der Waals surface area contributed by atoms with Crippen LogP contribution < -0.4 is 14.4 Å². The molecule has 0 unspecified atom stereocenters. The molecule has 8 heteroatoms. The smallest absolute Gasteiger partial charge is 0.264 e. The fourth-order valence-corrected chi connectivity index (χ4v) is 5.55. The first-order valence-corrected chi connectivity index (χ1v) is 13.8. The van der Waals surface area contributed by atoms with E-state index in [2.05, 4.69) is 5.32 Å². The number of sulfonamides is 1. The first-order chi connectivity index (χ1) is 16.9. The minimum atomic E-state index is -4.01. The number of hydrogen-bond donors (Lipinski definition) is 1. The lowest BCUT2D eigenvalue weighted by Crippen LogP contribution is -2.38. The van der Waals surface area contributed by atoms with Crippen LogP contribution in [0.3, 0.4) is 0 Å². The van der Waals surface area contributed by atoms with Crippen LogP contribution in [0.15, 0.2) is 101 Å².